The van der Waals surface area contributed by atoms with Crippen molar-refractivity contribution in [2.24, 2.45) is 4.99 Å². The fourth-order valence-corrected chi connectivity index (χ4v) is 4.01. The van der Waals surface area contributed by atoms with Crippen LogP contribution in [-0.2, 0) is 10.8 Å². The van der Waals surface area contributed by atoms with Crippen molar-refractivity contribution in [2.45, 2.75) is 45.4 Å². The average Bonchev–Trinajstić information content (AvgIpc) is 2.86. The van der Waals surface area contributed by atoms with E-state index in [1.807, 2.05) is 0 Å². The van der Waals surface area contributed by atoms with Crippen LogP contribution in [-0.4, -0.2) is 5.71 Å². The molecule has 126 valence electrons. The van der Waals surface area contributed by atoms with Crippen LogP contribution in [0.3, 0.4) is 0 Å². The van der Waals surface area contributed by atoms with Gasteiger partial charge < -0.3 is 0 Å². The molecule has 0 saturated heterocycles. The van der Waals surface area contributed by atoms with Gasteiger partial charge in [-0.15, -0.1) is 0 Å². The Balaban J connectivity index is 1.94. The molecule has 0 spiro atoms. The molecule has 0 amide bonds. The molecule has 1 atom stereocenters. The predicted octanol–water partition coefficient (Wildman–Crippen LogP) is 6.55. The van der Waals surface area contributed by atoms with Crippen LogP contribution in [0.15, 0.2) is 65.7 Å². The number of aliphatic imine (C=N–C) groups is 1. The van der Waals surface area contributed by atoms with Crippen molar-refractivity contribution in [1.29, 1.82) is 0 Å². The van der Waals surface area contributed by atoms with Crippen LogP contribution < -0.4 is 0 Å². The summed E-state index contributed by atoms with van der Waals surface area (Å²) in [6.45, 7) is 11.3. The third-order valence-electron chi connectivity index (χ3n) is 5.75. The summed E-state index contributed by atoms with van der Waals surface area (Å²) in [4.78, 5) is 4.92. The molecule has 1 aliphatic heterocycles. The Morgan fingerprint density at radius 3 is 2.20 bits per heavy atom. The summed E-state index contributed by atoms with van der Waals surface area (Å²) in [5, 5.41) is 2.59. The van der Waals surface area contributed by atoms with Crippen LogP contribution in [0.2, 0.25) is 0 Å². The van der Waals surface area contributed by atoms with Crippen LogP contribution in [0.4, 0.5) is 5.69 Å². The molecule has 3 aromatic carbocycles. The standard InChI is InChI=1S/C24H25N/c1-16-24(5,19-13-11-18(12-14-19)23(2,3)4)22-20-9-7-6-8-17(20)10-15-21(22)25-16/h6-15H,1-5H3. The summed E-state index contributed by atoms with van der Waals surface area (Å²) in [6, 6.07) is 22.1. The molecule has 3 aromatic rings. The molecular formula is C24H25N. The van der Waals surface area contributed by atoms with Crippen LogP contribution in [0.5, 0.6) is 0 Å². The quantitative estimate of drug-likeness (QED) is 0.480. The Morgan fingerprint density at radius 2 is 1.52 bits per heavy atom. The maximum Gasteiger partial charge on any atom is 0.0680 e. The number of hydrogen-bond donors (Lipinski definition) is 0. The van der Waals surface area contributed by atoms with Gasteiger partial charge in [-0.1, -0.05) is 75.4 Å². The van der Waals surface area contributed by atoms with Crippen molar-refractivity contribution in [3.05, 3.63) is 77.4 Å². The lowest BCUT2D eigenvalue weighted by atomic mass is 9.72. The highest BCUT2D eigenvalue weighted by Gasteiger charge is 2.39. The van der Waals surface area contributed by atoms with E-state index < -0.39 is 0 Å². The zero-order valence-corrected chi connectivity index (χ0v) is 15.7. The van der Waals surface area contributed by atoms with Gasteiger partial charge in [-0.2, -0.15) is 0 Å². The van der Waals surface area contributed by atoms with Crippen molar-refractivity contribution >= 4 is 22.2 Å². The molecule has 0 aromatic heterocycles. The first-order valence-corrected chi connectivity index (χ1v) is 9.01. The minimum Gasteiger partial charge on any atom is -0.256 e. The molecular weight excluding hydrogens is 302 g/mol. The lowest BCUT2D eigenvalue weighted by Gasteiger charge is -2.29. The summed E-state index contributed by atoms with van der Waals surface area (Å²) >= 11 is 0. The highest BCUT2D eigenvalue weighted by Crippen LogP contribution is 2.48. The van der Waals surface area contributed by atoms with Gasteiger partial charge >= 0.3 is 0 Å². The fourth-order valence-electron chi connectivity index (χ4n) is 4.01. The molecule has 0 radical (unpaired) electrons. The number of rotatable bonds is 1. The Morgan fingerprint density at radius 1 is 0.840 bits per heavy atom. The molecule has 1 heterocycles. The Bertz CT molecular complexity index is 987. The maximum absolute atomic E-state index is 4.92. The Hall–Kier alpha value is -2.41. The third-order valence-corrected chi connectivity index (χ3v) is 5.75. The second kappa shape index (κ2) is 5.29. The summed E-state index contributed by atoms with van der Waals surface area (Å²) in [5.74, 6) is 0. The van der Waals surface area contributed by atoms with Gasteiger partial charge in [0.15, 0.2) is 0 Å². The highest BCUT2D eigenvalue weighted by molar-refractivity contribution is 6.08. The number of fused-ring (bicyclic) bond motifs is 3. The number of hydrogen-bond acceptors (Lipinski definition) is 1. The van der Waals surface area contributed by atoms with Crippen LogP contribution in [0.1, 0.15) is 51.3 Å². The number of nitrogens with zero attached hydrogens (tertiary/aromatic N) is 1. The SMILES string of the molecule is CC1=Nc2ccc3ccccc3c2C1(C)c1ccc(C(C)(C)C)cc1. The zero-order chi connectivity index (χ0) is 17.8. The monoisotopic (exact) mass is 327 g/mol. The molecule has 0 N–H and O–H groups in total. The molecule has 1 heteroatoms. The molecule has 0 aliphatic carbocycles. The van der Waals surface area contributed by atoms with Crippen molar-refractivity contribution in [1.82, 2.24) is 0 Å². The summed E-state index contributed by atoms with van der Waals surface area (Å²) in [6.07, 6.45) is 0. The molecule has 4 rings (SSSR count). The highest BCUT2D eigenvalue weighted by atomic mass is 14.8. The van der Waals surface area contributed by atoms with Crippen LogP contribution in [0.25, 0.3) is 10.8 Å². The van der Waals surface area contributed by atoms with E-state index in [1.165, 1.54) is 33.2 Å². The van der Waals surface area contributed by atoms with Gasteiger partial charge in [0.25, 0.3) is 0 Å². The summed E-state index contributed by atoms with van der Waals surface area (Å²) in [7, 11) is 0. The van der Waals surface area contributed by atoms with E-state index in [0.717, 1.165) is 5.69 Å². The molecule has 25 heavy (non-hydrogen) atoms. The number of benzene rings is 3. The molecule has 1 unspecified atom stereocenters. The average molecular weight is 327 g/mol. The van der Waals surface area contributed by atoms with E-state index >= 15 is 0 Å². The minimum atomic E-state index is -0.174. The van der Waals surface area contributed by atoms with Gasteiger partial charge in [0.05, 0.1) is 11.1 Å². The van der Waals surface area contributed by atoms with Gasteiger partial charge in [0.1, 0.15) is 0 Å². The van der Waals surface area contributed by atoms with Gasteiger partial charge in [0.2, 0.25) is 0 Å². The van der Waals surface area contributed by atoms with Crippen LogP contribution >= 0.6 is 0 Å². The maximum atomic E-state index is 4.92. The minimum absolute atomic E-state index is 0.169. The van der Waals surface area contributed by atoms with Gasteiger partial charge in [-0.3, -0.25) is 4.99 Å². The Labute approximate surface area is 150 Å². The predicted molar refractivity (Wildman–Crippen MR) is 108 cm³/mol. The van der Waals surface area contributed by atoms with Crippen LogP contribution in [0, 0.1) is 0 Å². The van der Waals surface area contributed by atoms with E-state index in [1.54, 1.807) is 0 Å². The largest absolute Gasteiger partial charge is 0.256 e. The smallest absolute Gasteiger partial charge is 0.0680 e. The summed E-state index contributed by atoms with van der Waals surface area (Å²) in [5.41, 5.74) is 6.30. The first-order chi connectivity index (χ1) is 11.8. The Kier molecular flexibility index (Phi) is 3.40. The fraction of sp³-hybridized carbons (Fsp3) is 0.292. The zero-order valence-electron chi connectivity index (χ0n) is 15.7. The van der Waals surface area contributed by atoms with Crippen molar-refractivity contribution in [2.75, 3.05) is 0 Å². The van der Waals surface area contributed by atoms with Crippen molar-refractivity contribution < 1.29 is 0 Å². The molecule has 1 nitrogen and oxygen atoms in total. The van der Waals surface area contributed by atoms with E-state index in [2.05, 4.69) is 95.3 Å². The van der Waals surface area contributed by atoms with Gasteiger partial charge in [0, 0.05) is 11.3 Å². The first-order valence-electron chi connectivity index (χ1n) is 9.01. The van der Waals surface area contributed by atoms with E-state index in [9.17, 15) is 0 Å². The topological polar surface area (TPSA) is 12.4 Å². The molecule has 0 fully saturated rings. The van der Waals surface area contributed by atoms with Gasteiger partial charge in [-0.25, -0.2) is 0 Å². The van der Waals surface area contributed by atoms with E-state index in [-0.39, 0.29) is 10.8 Å². The van der Waals surface area contributed by atoms with Crippen molar-refractivity contribution in [3.63, 3.8) is 0 Å². The normalized spacial score (nSPS) is 19.8. The lowest BCUT2D eigenvalue weighted by Crippen LogP contribution is -2.29. The first kappa shape index (κ1) is 16.1. The molecule has 0 bridgehead atoms. The van der Waals surface area contributed by atoms with E-state index in [4.69, 9.17) is 4.99 Å². The summed E-state index contributed by atoms with van der Waals surface area (Å²) < 4.78 is 0. The molecule has 1 aliphatic rings. The second-order valence-corrected chi connectivity index (χ2v) is 8.33. The second-order valence-electron chi connectivity index (χ2n) is 8.33. The lowest BCUT2D eigenvalue weighted by molar-refractivity contribution is 0.589. The van der Waals surface area contributed by atoms with Crippen molar-refractivity contribution in [3.8, 4) is 0 Å². The van der Waals surface area contributed by atoms with Gasteiger partial charge in [-0.05, 0) is 47.2 Å². The van der Waals surface area contributed by atoms with E-state index in [0.29, 0.717) is 0 Å². The molecule has 0 saturated carbocycles. The third kappa shape index (κ3) is 2.33.